The summed E-state index contributed by atoms with van der Waals surface area (Å²) < 4.78 is 23.9. The number of benzene rings is 2. The molecule has 0 aliphatic rings. The van der Waals surface area contributed by atoms with Gasteiger partial charge in [-0.3, -0.25) is 9.59 Å². The number of hydrogen-bond donors (Lipinski definition) is 1. The highest BCUT2D eigenvalue weighted by Crippen LogP contribution is 2.28. The van der Waals surface area contributed by atoms with Gasteiger partial charge in [0.25, 0.3) is 0 Å². The van der Waals surface area contributed by atoms with Gasteiger partial charge in [0, 0.05) is 19.5 Å². The lowest BCUT2D eigenvalue weighted by Crippen LogP contribution is -2.49. The summed E-state index contributed by atoms with van der Waals surface area (Å²) in [5.41, 5.74) is 1.70. The van der Waals surface area contributed by atoms with Gasteiger partial charge in [0.1, 0.15) is 11.9 Å². The van der Waals surface area contributed by atoms with Gasteiger partial charge in [-0.2, -0.15) is 0 Å². The third kappa shape index (κ3) is 6.70. The molecule has 6 nitrogen and oxygen atoms in total. The van der Waals surface area contributed by atoms with Crippen LogP contribution < -0.4 is 14.8 Å². The topological polar surface area (TPSA) is 67.9 Å². The van der Waals surface area contributed by atoms with Gasteiger partial charge in [-0.1, -0.05) is 25.1 Å². The van der Waals surface area contributed by atoms with Crippen molar-refractivity contribution in [2.75, 3.05) is 20.8 Å². The molecular weight excluding hydrogens is 399 g/mol. The second-order valence-electron chi connectivity index (χ2n) is 7.16. The smallest absolute Gasteiger partial charge is 0.242 e. The van der Waals surface area contributed by atoms with Gasteiger partial charge in [0.2, 0.25) is 11.8 Å². The van der Waals surface area contributed by atoms with Crippen molar-refractivity contribution >= 4 is 11.8 Å². The number of methoxy groups -OCH3 is 2. The van der Waals surface area contributed by atoms with E-state index < -0.39 is 6.04 Å². The first-order valence-electron chi connectivity index (χ1n) is 10.5. The van der Waals surface area contributed by atoms with Gasteiger partial charge in [0.15, 0.2) is 11.5 Å². The zero-order chi connectivity index (χ0) is 22.8. The van der Waals surface area contributed by atoms with Crippen LogP contribution in [0.25, 0.3) is 0 Å². The second-order valence-corrected chi connectivity index (χ2v) is 7.16. The van der Waals surface area contributed by atoms with Crippen molar-refractivity contribution < 1.29 is 23.5 Å². The number of carbonyl (C=O) groups excluding carboxylic acids is 2. The molecule has 2 aromatic rings. The first-order valence-corrected chi connectivity index (χ1v) is 10.5. The Kier molecular flexibility index (Phi) is 9.31. The summed E-state index contributed by atoms with van der Waals surface area (Å²) in [6.45, 7) is 4.44. The summed E-state index contributed by atoms with van der Waals surface area (Å²) in [5, 5.41) is 2.81. The highest BCUT2D eigenvalue weighted by atomic mass is 19.1. The zero-order valence-corrected chi connectivity index (χ0v) is 18.6. The molecular formula is C24H31FN2O4. The van der Waals surface area contributed by atoms with Gasteiger partial charge < -0.3 is 19.7 Å². The first-order chi connectivity index (χ1) is 14.9. The fourth-order valence-corrected chi connectivity index (χ4v) is 3.43. The van der Waals surface area contributed by atoms with Gasteiger partial charge >= 0.3 is 0 Å². The van der Waals surface area contributed by atoms with Gasteiger partial charge in [-0.15, -0.1) is 0 Å². The maximum Gasteiger partial charge on any atom is 0.242 e. The predicted octanol–water partition coefficient (Wildman–Crippen LogP) is 3.72. The number of likely N-dealkylation sites (N-methyl/N-ethyl adjacent to an activating group) is 1. The number of nitrogens with zero attached hydrogens (tertiary/aromatic N) is 1. The van der Waals surface area contributed by atoms with Crippen LogP contribution in [0.5, 0.6) is 11.5 Å². The average molecular weight is 431 g/mol. The van der Waals surface area contributed by atoms with E-state index in [0.717, 1.165) is 11.1 Å². The van der Waals surface area contributed by atoms with Crippen LogP contribution in [0.1, 0.15) is 37.8 Å². The molecule has 31 heavy (non-hydrogen) atoms. The Balaban J connectivity index is 2.20. The number of hydrogen-bond acceptors (Lipinski definition) is 4. The molecule has 2 aromatic carbocycles. The highest BCUT2D eigenvalue weighted by Gasteiger charge is 2.28. The van der Waals surface area contributed by atoms with E-state index in [4.69, 9.17) is 9.47 Å². The fourth-order valence-electron chi connectivity index (χ4n) is 3.43. The monoisotopic (exact) mass is 430 g/mol. The van der Waals surface area contributed by atoms with E-state index in [1.807, 2.05) is 26.0 Å². The molecule has 0 bridgehead atoms. The second kappa shape index (κ2) is 11.9. The molecule has 168 valence electrons. The van der Waals surface area contributed by atoms with Crippen LogP contribution >= 0.6 is 0 Å². The van der Waals surface area contributed by atoms with Crippen molar-refractivity contribution in [3.63, 3.8) is 0 Å². The number of nitrogens with one attached hydrogen (secondary N) is 1. The lowest BCUT2D eigenvalue weighted by Gasteiger charge is -2.30. The Bertz CT molecular complexity index is 870. The molecule has 2 rings (SSSR count). The summed E-state index contributed by atoms with van der Waals surface area (Å²) in [6, 6.07) is 10.9. The van der Waals surface area contributed by atoms with E-state index in [-0.39, 0.29) is 30.6 Å². The Morgan fingerprint density at radius 3 is 2.23 bits per heavy atom. The third-order valence-electron chi connectivity index (χ3n) is 5.08. The van der Waals surface area contributed by atoms with Crippen molar-refractivity contribution in [1.29, 1.82) is 0 Å². The molecule has 0 aromatic heterocycles. The van der Waals surface area contributed by atoms with Crippen LogP contribution in [-0.2, 0) is 22.6 Å². The van der Waals surface area contributed by atoms with Crippen LogP contribution in [0.4, 0.5) is 4.39 Å². The molecule has 0 spiro atoms. The predicted molar refractivity (Wildman–Crippen MR) is 118 cm³/mol. The van der Waals surface area contributed by atoms with Crippen LogP contribution in [0.15, 0.2) is 42.5 Å². The number of amides is 2. The van der Waals surface area contributed by atoms with E-state index in [0.29, 0.717) is 30.9 Å². The minimum Gasteiger partial charge on any atom is -0.493 e. The van der Waals surface area contributed by atoms with Gasteiger partial charge in [-0.05, 0) is 55.2 Å². The van der Waals surface area contributed by atoms with Crippen LogP contribution in [0.3, 0.4) is 0 Å². The molecule has 0 aliphatic heterocycles. The molecule has 1 atom stereocenters. The van der Waals surface area contributed by atoms with Crippen LogP contribution in [0, 0.1) is 5.82 Å². The maximum absolute atomic E-state index is 13.3. The summed E-state index contributed by atoms with van der Waals surface area (Å²) in [7, 11) is 3.13. The number of ether oxygens (including phenoxy) is 2. The Morgan fingerprint density at radius 2 is 1.65 bits per heavy atom. The Morgan fingerprint density at radius 1 is 1.00 bits per heavy atom. The van der Waals surface area contributed by atoms with Gasteiger partial charge in [-0.25, -0.2) is 4.39 Å². The van der Waals surface area contributed by atoms with Gasteiger partial charge in [0.05, 0.1) is 14.2 Å². The zero-order valence-electron chi connectivity index (χ0n) is 18.6. The Hall–Kier alpha value is -3.09. The lowest BCUT2D eigenvalue weighted by molar-refractivity contribution is -0.141. The number of carbonyl (C=O) groups is 2. The molecule has 2 amide bonds. The summed E-state index contributed by atoms with van der Waals surface area (Å²) >= 11 is 0. The van der Waals surface area contributed by atoms with E-state index in [1.165, 1.54) is 12.1 Å². The summed E-state index contributed by atoms with van der Waals surface area (Å²) in [5.74, 6) is 0.553. The largest absolute Gasteiger partial charge is 0.493 e. The Labute approximate surface area is 183 Å². The normalized spacial score (nSPS) is 11.5. The first kappa shape index (κ1) is 24.2. The fraction of sp³-hybridized carbons (Fsp3) is 0.417. The number of rotatable bonds is 11. The third-order valence-corrected chi connectivity index (χ3v) is 5.08. The summed E-state index contributed by atoms with van der Waals surface area (Å²) in [4.78, 5) is 27.4. The standard InChI is InChI=1S/C24H31FN2O4/c1-5-20(24(29)26-6-2)27(16-18-7-11-19(25)12-8-18)23(28)14-10-17-9-13-21(30-3)22(15-17)31-4/h7-9,11-13,15,20H,5-6,10,14,16H2,1-4H3,(H,26,29). The minimum absolute atomic E-state index is 0.141. The molecule has 7 heteroatoms. The van der Waals surface area contributed by atoms with Crippen molar-refractivity contribution in [2.45, 2.75) is 45.7 Å². The molecule has 0 fully saturated rings. The average Bonchev–Trinajstić information content (AvgIpc) is 2.78. The maximum atomic E-state index is 13.3. The van der Waals surface area contributed by atoms with Crippen molar-refractivity contribution in [3.8, 4) is 11.5 Å². The molecule has 0 saturated heterocycles. The number of aryl methyl sites for hydroxylation is 1. The quantitative estimate of drug-likeness (QED) is 0.590. The van der Waals surface area contributed by atoms with Crippen molar-refractivity contribution in [1.82, 2.24) is 10.2 Å². The SMILES string of the molecule is CCNC(=O)C(CC)N(Cc1ccc(F)cc1)C(=O)CCc1ccc(OC)c(OC)c1. The molecule has 1 unspecified atom stereocenters. The van der Waals surface area contributed by atoms with Crippen molar-refractivity contribution in [3.05, 3.63) is 59.4 Å². The minimum atomic E-state index is -0.595. The summed E-state index contributed by atoms with van der Waals surface area (Å²) in [6.07, 6.45) is 1.20. The van der Waals surface area contributed by atoms with Crippen LogP contribution in [0.2, 0.25) is 0 Å². The molecule has 0 aliphatic carbocycles. The lowest BCUT2D eigenvalue weighted by atomic mass is 10.1. The van der Waals surface area contributed by atoms with E-state index in [1.54, 1.807) is 37.3 Å². The highest BCUT2D eigenvalue weighted by molar-refractivity contribution is 5.87. The number of halogens is 1. The van der Waals surface area contributed by atoms with E-state index in [2.05, 4.69) is 5.32 Å². The van der Waals surface area contributed by atoms with Crippen LogP contribution in [-0.4, -0.2) is 43.5 Å². The van der Waals surface area contributed by atoms with E-state index in [9.17, 15) is 14.0 Å². The molecule has 0 saturated carbocycles. The molecule has 1 N–H and O–H groups in total. The van der Waals surface area contributed by atoms with Crippen molar-refractivity contribution in [2.24, 2.45) is 0 Å². The molecule has 0 heterocycles. The molecule has 0 radical (unpaired) electrons. The van der Waals surface area contributed by atoms with E-state index >= 15 is 0 Å².